The van der Waals surface area contributed by atoms with E-state index < -0.39 is 23.4 Å². The van der Waals surface area contributed by atoms with Crippen LogP contribution in [0.15, 0.2) is 51.7 Å². The molecule has 0 fully saturated rings. The van der Waals surface area contributed by atoms with Crippen LogP contribution in [-0.2, 0) is 17.5 Å². The molecule has 5 nitrogen and oxygen atoms in total. The number of rotatable bonds is 3. The first-order chi connectivity index (χ1) is 11.7. The fourth-order valence-corrected chi connectivity index (χ4v) is 2.41. The second-order valence-electron chi connectivity index (χ2n) is 5.55. The van der Waals surface area contributed by atoms with Gasteiger partial charge in [0.25, 0.3) is 0 Å². The minimum Gasteiger partial charge on any atom is -0.408 e. The molecule has 0 spiro atoms. The summed E-state index contributed by atoms with van der Waals surface area (Å²) in [6.07, 6.45) is -4.44. The van der Waals surface area contributed by atoms with Crippen molar-refractivity contribution in [2.24, 2.45) is 0 Å². The Balaban J connectivity index is 1.78. The second-order valence-corrected chi connectivity index (χ2v) is 5.55. The van der Waals surface area contributed by atoms with Crippen LogP contribution < -0.4 is 11.1 Å². The fraction of sp³-hybridized carbons (Fsp3) is 0.176. The number of hydrogen-bond donors (Lipinski definition) is 1. The zero-order chi connectivity index (χ0) is 18.2. The summed E-state index contributed by atoms with van der Waals surface area (Å²) in [5.41, 5.74) is 1.13. The Kier molecular flexibility index (Phi) is 4.12. The third-order valence-corrected chi connectivity index (χ3v) is 3.62. The monoisotopic (exact) mass is 350 g/mol. The average molecular weight is 350 g/mol. The normalized spacial score (nSPS) is 11.7. The van der Waals surface area contributed by atoms with E-state index >= 15 is 0 Å². The molecule has 25 heavy (non-hydrogen) atoms. The number of nitrogens with zero attached hydrogens (tertiary/aromatic N) is 1. The van der Waals surface area contributed by atoms with Gasteiger partial charge in [-0.25, -0.2) is 4.79 Å². The molecule has 1 aromatic heterocycles. The highest BCUT2D eigenvalue weighted by Crippen LogP contribution is 2.29. The minimum atomic E-state index is -4.44. The molecule has 0 bridgehead atoms. The van der Waals surface area contributed by atoms with Crippen LogP contribution in [0.4, 0.5) is 18.9 Å². The van der Waals surface area contributed by atoms with Gasteiger partial charge in [0.15, 0.2) is 5.58 Å². The molecule has 0 aliphatic heterocycles. The van der Waals surface area contributed by atoms with E-state index in [1.165, 1.54) is 4.57 Å². The maximum absolute atomic E-state index is 12.5. The predicted octanol–water partition coefficient (Wildman–Crippen LogP) is 3.56. The van der Waals surface area contributed by atoms with E-state index in [1.54, 1.807) is 18.2 Å². The molecule has 130 valence electrons. The largest absolute Gasteiger partial charge is 0.420 e. The van der Waals surface area contributed by atoms with Crippen LogP contribution in [0.5, 0.6) is 0 Å². The third kappa shape index (κ3) is 3.57. The number of alkyl halides is 3. The number of fused-ring (bicyclic) bond motifs is 1. The Morgan fingerprint density at radius 1 is 1.16 bits per heavy atom. The van der Waals surface area contributed by atoms with Crippen LogP contribution in [0.2, 0.25) is 0 Å². The molecule has 3 aromatic rings. The van der Waals surface area contributed by atoms with Crippen molar-refractivity contribution < 1.29 is 22.4 Å². The van der Waals surface area contributed by atoms with E-state index in [4.69, 9.17) is 4.42 Å². The number of carbonyl (C=O) groups is 1. The molecule has 0 radical (unpaired) electrons. The lowest BCUT2D eigenvalue weighted by Gasteiger charge is -2.09. The molecule has 0 saturated heterocycles. The van der Waals surface area contributed by atoms with E-state index in [9.17, 15) is 22.8 Å². The van der Waals surface area contributed by atoms with Crippen LogP contribution >= 0.6 is 0 Å². The number of halogens is 3. The second kappa shape index (κ2) is 6.12. The molecule has 0 saturated carbocycles. The number of benzene rings is 2. The Morgan fingerprint density at radius 2 is 1.84 bits per heavy atom. The summed E-state index contributed by atoms with van der Waals surface area (Å²) >= 11 is 0. The molecule has 1 N–H and O–H groups in total. The average Bonchev–Trinajstić information content (AvgIpc) is 2.82. The Bertz CT molecular complexity index is 985. The van der Waals surface area contributed by atoms with Crippen molar-refractivity contribution in [1.29, 1.82) is 0 Å². The van der Waals surface area contributed by atoms with Crippen molar-refractivity contribution in [3.8, 4) is 0 Å². The molecule has 1 heterocycles. The van der Waals surface area contributed by atoms with Gasteiger partial charge >= 0.3 is 11.9 Å². The molecule has 2 aromatic carbocycles. The number of carbonyl (C=O) groups excluding carboxylic acids is 1. The van der Waals surface area contributed by atoms with E-state index in [1.807, 2.05) is 6.92 Å². The number of nitrogens with one attached hydrogen (secondary N) is 1. The number of aromatic nitrogens is 1. The van der Waals surface area contributed by atoms with Gasteiger partial charge in [0.2, 0.25) is 5.91 Å². The van der Waals surface area contributed by atoms with Gasteiger partial charge in [-0.1, -0.05) is 6.07 Å². The van der Waals surface area contributed by atoms with Gasteiger partial charge in [-0.15, -0.1) is 0 Å². The first kappa shape index (κ1) is 16.8. The van der Waals surface area contributed by atoms with Gasteiger partial charge in [-0.2, -0.15) is 13.2 Å². The van der Waals surface area contributed by atoms with Crippen molar-refractivity contribution >= 4 is 22.7 Å². The first-order valence-corrected chi connectivity index (χ1v) is 7.31. The Hall–Kier alpha value is -3.03. The molecular formula is C17H13F3N2O3. The van der Waals surface area contributed by atoms with Gasteiger partial charge < -0.3 is 9.73 Å². The smallest absolute Gasteiger partial charge is 0.408 e. The van der Waals surface area contributed by atoms with Gasteiger partial charge in [-0.05, 0) is 48.9 Å². The molecular weight excluding hydrogens is 337 g/mol. The summed E-state index contributed by atoms with van der Waals surface area (Å²) < 4.78 is 43.8. The highest BCUT2D eigenvalue weighted by atomic mass is 19.4. The van der Waals surface area contributed by atoms with Crippen LogP contribution in [-0.4, -0.2) is 10.5 Å². The van der Waals surface area contributed by atoms with E-state index in [0.29, 0.717) is 11.1 Å². The predicted molar refractivity (Wildman–Crippen MR) is 85.3 cm³/mol. The minimum absolute atomic E-state index is 0.204. The Morgan fingerprint density at radius 3 is 2.48 bits per heavy atom. The van der Waals surface area contributed by atoms with Crippen molar-refractivity contribution in [3.63, 3.8) is 0 Å². The maximum Gasteiger partial charge on any atom is 0.420 e. The van der Waals surface area contributed by atoms with Crippen LogP contribution in [0.3, 0.4) is 0 Å². The first-order valence-electron chi connectivity index (χ1n) is 7.31. The fourth-order valence-electron chi connectivity index (χ4n) is 2.41. The number of amides is 1. The lowest BCUT2D eigenvalue weighted by molar-refractivity contribution is -0.137. The third-order valence-electron chi connectivity index (χ3n) is 3.62. The van der Waals surface area contributed by atoms with Crippen molar-refractivity contribution in [2.75, 3.05) is 5.32 Å². The summed E-state index contributed by atoms with van der Waals surface area (Å²) in [5, 5.41) is 2.46. The van der Waals surface area contributed by atoms with Crippen molar-refractivity contribution in [2.45, 2.75) is 19.6 Å². The molecule has 0 atom stereocenters. The quantitative estimate of drug-likeness (QED) is 0.786. The molecule has 3 rings (SSSR count). The summed E-state index contributed by atoms with van der Waals surface area (Å²) in [6.45, 7) is 1.53. The highest BCUT2D eigenvalue weighted by molar-refractivity contribution is 5.91. The summed E-state index contributed by atoms with van der Waals surface area (Å²) in [4.78, 5) is 24.0. The number of anilines is 1. The van der Waals surface area contributed by atoms with Gasteiger partial charge in [0.05, 0.1) is 11.1 Å². The van der Waals surface area contributed by atoms with Crippen molar-refractivity contribution in [1.82, 2.24) is 4.57 Å². The zero-order valence-electron chi connectivity index (χ0n) is 13.1. The van der Waals surface area contributed by atoms with E-state index in [-0.39, 0.29) is 12.2 Å². The number of hydrogen-bond acceptors (Lipinski definition) is 3. The lowest BCUT2D eigenvalue weighted by atomic mass is 10.2. The van der Waals surface area contributed by atoms with E-state index in [2.05, 4.69) is 5.32 Å². The molecule has 0 aliphatic rings. The standard InChI is InChI=1S/C17H13F3N2O3/c1-10-2-7-14-13(8-10)22(16(24)25-14)9-15(23)21-12-5-3-11(4-6-12)17(18,19)20/h2-8H,9H2,1H3,(H,21,23). The summed E-state index contributed by atoms with van der Waals surface area (Å²) in [7, 11) is 0. The van der Waals surface area contributed by atoms with Gasteiger partial charge in [0.1, 0.15) is 6.54 Å². The number of aryl methyl sites for hydroxylation is 1. The number of oxazole rings is 1. The van der Waals surface area contributed by atoms with Gasteiger partial charge in [-0.3, -0.25) is 9.36 Å². The molecule has 1 amide bonds. The van der Waals surface area contributed by atoms with Gasteiger partial charge in [0, 0.05) is 5.69 Å². The summed E-state index contributed by atoms with van der Waals surface area (Å²) in [6, 6.07) is 9.18. The molecule has 8 heteroatoms. The van der Waals surface area contributed by atoms with Crippen LogP contribution in [0.1, 0.15) is 11.1 Å². The van der Waals surface area contributed by atoms with Crippen LogP contribution in [0.25, 0.3) is 11.1 Å². The lowest BCUT2D eigenvalue weighted by Crippen LogP contribution is -2.24. The summed E-state index contributed by atoms with van der Waals surface area (Å²) in [5.74, 6) is -1.23. The topological polar surface area (TPSA) is 64.2 Å². The molecule has 0 unspecified atom stereocenters. The zero-order valence-corrected chi connectivity index (χ0v) is 13.1. The van der Waals surface area contributed by atoms with Crippen LogP contribution in [0, 0.1) is 6.92 Å². The molecule has 0 aliphatic carbocycles. The van der Waals surface area contributed by atoms with E-state index in [0.717, 1.165) is 29.8 Å². The highest BCUT2D eigenvalue weighted by Gasteiger charge is 2.30. The maximum atomic E-state index is 12.5. The Labute approximate surface area is 139 Å². The van der Waals surface area contributed by atoms with Crippen molar-refractivity contribution in [3.05, 3.63) is 64.1 Å². The SMILES string of the molecule is Cc1ccc2oc(=O)n(CC(=O)Nc3ccc(C(F)(F)F)cc3)c2c1.